The molecule has 0 heterocycles. The molecule has 1 aromatic rings. The Bertz CT molecular complexity index is 321. The summed E-state index contributed by atoms with van der Waals surface area (Å²) in [4.78, 5) is 10.7. The van der Waals surface area contributed by atoms with Gasteiger partial charge in [-0.25, -0.2) is 0 Å². The summed E-state index contributed by atoms with van der Waals surface area (Å²) in [6, 6.07) is 5.44. The summed E-state index contributed by atoms with van der Waals surface area (Å²) in [5.41, 5.74) is 0.810. The molecule has 0 fully saturated rings. The van der Waals surface area contributed by atoms with Gasteiger partial charge in [0.05, 0.1) is 4.47 Å². The maximum Gasteiger partial charge on any atom is 0.132 e. The number of Topliss-reactive ketones (excluding diaryl/α,β-unsaturated/α-hetero) is 1. The minimum Gasteiger partial charge on any atom is -0.506 e. The zero-order valence-corrected chi connectivity index (χ0v) is 8.97. The van der Waals surface area contributed by atoms with Gasteiger partial charge in [0.2, 0.25) is 0 Å². The number of carbonyl (C=O) groups is 1. The zero-order chi connectivity index (χ0) is 9.84. The van der Waals surface area contributed by atoms with Crippen LogP contribution in [0.5, 0.6) is 5.75 Å². The maximum atomic E-state index is 10.7. The third-order valence-electron chi connectivity index (χ3n) is 1.82. The predicted molar refractivity (Wildman–Crippen MR) is 54.8 cm³/mol. The number of hydrogen-bond acceptors (Lipinski definition) is 2. The SMILES string of the molecule is CC(=O)CCc1cccc(Br)c1O. The van der Waals surface area contributed by atoms with Crippen LogP contribution in [0.2, 0.25) is 0 Å². The van der Waals surface area contributed by atoms with Crippen LogP contribution in [0, 0.1) is 0 Å². The monoisotopic (exact) mass is 242 g/mol. The summed E-state index contributed by atoms with van der Waals surface area (Å²) in [5.74, 6) is 0.378. The van der Waals surface area contributed by atoms with Crippen LogP contribution in [-0.4, -0.2) is 10.9 Å². The molecule has 0 spiro atoms. The van der Waals surface area contributed by atoms with Gasteiger partial charge in [0.1, 0.15) is 11.5 Å². The maximum absolute atomic E-state index is 10.7. The fourth-order valence-corrected chi connectivity index (χ4v) is 1.48. The Balaban J connectivity index is 2.77. The summed E-state index contributed by atoms with van der Waals surface area (Å²) in [5, 5.41) is 9.55. The van der Waals surface area contributed by atoms with Crippen molar-refractivity contribution in [3.8, 4) is 5.75 Å². The van der Waals surface area contributed by atoms with Crippen molar-refractivity contribution in [1.82, 2.24) is 0 Å². The number of phenolic OH excluding ortho intramolecular Hbond substituents is 1. The first-order valence-electron chi connectivity index (χ1n) is 4.07. The molecule has 0 radical (unpaired) electrons. The minimum atomic E-state index is 0.138. The highest BCUT2D eigenvalue weighted by molar-refractivity contribution is 9.10. The summed E-state index contributed by atoms with van der Waals surface area (Å²) in [6.07, 6.45) is 1.07. The van der Waals surface area contributed by atoms with Crippen LogP contribution in [0.4, 0.5) is 0 Å². The zero-order valence-electron chi connectivity index (χ0n) is 7.38. The minimum absolute atomic E-state index is 0.138. The van der Waals surface area contributed by atoms with Crippen molar-refractivity contribution in [2.24, 2.45) is 0 Å². The Morgan fingerprint density at radius 2 is 2.23 bits per heavy atom. The summed E-state index contributed by atoms with van der Waals surface area (Å²) in [6.45, 7) is 1.55. The van der Waals surface area contributed by atoms with Crippen LogP contribution in [0.15, 0.2) is 22.7 Å². The first-order valence-corrected chi connectivity index (χ1v) is 4.86. The Kier molecular flexibility index (Phi) is 3.48. The van der Waals surface area contributed by atoms with Gasteiger partial charge in [0.25, 0.3) is 0 Å². The van der Waals surface area contributed by atoms with E-state index in [0.29, 0.717) is 17.3 Å². The highest BCUT2D eigenvalue weighted by Gasteiger charge is 2.04. The van der Waals surface area contributed by atoms with Crippen LogP contribution >= 0.6 is 15.9 Å². The number of halogens is 1. The Labute approximate surface area is 85.7 Å². The molecular formula is C10H11BrO2. The number of ketones is 1. The number of phenols is 1. The van der Waals surface area contributed by atoms with Crippen LogP contribution < -0.4 is 0 Å². The molecule has 0 unspecified atom stereocenters. The third-order valence-corrected chi connectivity index (χ3v) is 2.46. The van der Waals surface area contributed by atoms with E-state index >= 15 is 0 Å². The smallest absolute Gasteiger partial charge is 0.132 e. The second kappa shape index (κ2) is 4.42. The van der Waals surface area contributed by atoms with E-state index in [4.69, 9.17) is 0 Å². The molecule has 70 valence electrons. The lowest BCUT2D eigenvalue weighted by molar-refractivity contribution is -0.116. The molecule has 0 aliphatic carbocycles. The molecule has 1 aromatic carbocycles. The van der Waals surface area contributed by atoms with E-state index in [0.717, 1.165) is 5.56 Å². The van der Waals surface area contributed by atoms with Gasteiger partial charge in [0, 0.05) is 6.42 Å². The van der Waals surface area contributed by atoms with Crippen molar-refractivity contribution in [2.75, 3.05) is 0 Å². The van der Waals surface area contributed by atoms with Crippen LogP contribution in [0.1, 0.15) is 18.9 Å². The molecule has 1 rings (SSSR count). The number of aryl methyl sites for hydroxylation is 1. The van der Waals surface area contributed by atoms with Crippen LogP contribution in [0.25, 0.3) is 0 Å². The van der Waals surface area contributed by atoms with E-state index in [9.17, 15) is 9.90 Å². The molecule has 0 amide bonds. The van der Waals surface area contributed by atoms with Gasteiger partial charge in [-0.1, -0.05) is 12.1 Å². The Hall–Kier alpha value is -0.830. The number of rotatable bonds is 3. The highest BCUT2D eigenvalue weighted by Crippen LogP contribution is 2.28. The van der Waals surface area contributed by atoms with E-state index in [1.165, 1.54) is 0 Å². The molecule has 0 saturated carbocycles. The average molecular weight is 243 g/mol. The Morgan fingerprint density at radius 3 is 2.85 bits per heavy atom. The number of para-hydroxylation sites is 1. The van der Waals surface area contributed by atoms with Gasteiger partial charge < -0.3 is 9.90 Å². The molecule has 0 aliphatic heterocycles. The highest BCUT2D eigenvalue weighted by atomic mass is 79.9. The molecule has 2 nitrogen and oxygen atoms in total. The molecule has 1 N–H and O–H groups in total. The number of hydrogen-bond donors (Lipinski definition) is 1. The lowest BCUT2D eigenvalue weighted by Gasteiger charge is -2.04. The van der Waals surface area contributed by atoms with Crippen LogP contribution in [-0.2, 0) is 11.2 Å². The van der Waals surface area contributed by atoms with Crippen molar-refractivity contribution < 1.29 is 9.90 Å². The van der Waals surface area contributed by atoms with E-state index in [1.807, 2.05) is 12.1 Å². The number of aromatic hydroxyl groups is 1. The van der Waals surface area contributed by atoms with Crippen molar-refractivity contribution in [3.63, 3.8) is 0 Å². The molecule has 0 atom stereocenters. The summed E-state index contributed by atoms with van der Waals surface area (Å²) in [7, 11) is 0. The van der Waals surface area contributed by atoms with Crippen molar-refractivity contribution in [2.45, 2.75) is 19.8 Å². The molecule has 3 heteroatoms. The van der Waals surface area contributed by atoms with E-state index < -0.39 is 0 Å². The Morgan fingerprint density at radius 1 is 1.54 bits per heavy atom. The predicted octanol–water partition coefficient (Wildman–Crippen LogP) is 2.68. The van der Waals surface area contributed by atoms with E-state index in [1.54, 1.807) is 13.0 Å². The van der Waals surface area contributed by atoms with E-state index in [2.05, 4.69) is 15.9 Å². The molecular weight excluding hydrogens is 232 g/mol. The topological polar surface area (TPSA) is 37.3 Å². The van der Waals surface area contributed by atoms with Gasteiger partial charge in [-0.3, -0.25) is 0 Å². The largest absolute Gasteiger partial charge is 0.506 e. The van der Waals surface area contributed by atoms with Gasteiger partial charge in [0.15, 0.2) is 0 Å². The average Bonchev–Trinajstić information content (AvgIpc) is 2.07. The fraction of sp³-hybridized carbons (Fsp3) is 0.300. The van der Waals surface area contributed by atoms with E-state index in [-0.39, 0.29) is 11.5 Å². The van der Waals surface area contributed by atoms with Gasteiger partial charge in [-0.05, 0) is 40.9 Å². The lowest BCUT2D eigenvalue weighted by atomic mass is 10.1. The first-order chi connectivity index (χ1) is 6.11. The summed E-state index contributed by atoms with van der Waals surface area (Å²) < 4.78 is 0.675. The molecule has 0 aliphatic rings. The van der Waals surface area contributed by atoms with Gasteiger partial charge in [-0.2, -0.15) is 0 Å². The number of benzene rings is 1. The van der Waals surface area contributed by atoms with Gasteiger partial charge >= 0.3 is 0 Å². The van der Waals surface area contributed by atoms with Crippen LogP contribution in [0.3, 0.4) is 0 Å². The molecule has 0 aromatic heterocycles. The molecule has 13 heavy (non-hydrogen) atoms. The van der Waals surface area contributed by atoms with Crippen molar-refractivity contribution in [3.05, 3.63) is 28.2 Å². The quantitative estimate of drug-likeness (QED) is 0.886. The fourth-order valence-electron chi connectivity index (χ4n) is 1.07. The normalized spacial score (nSPS) is 10.0. The molecule has 0 bridgehead atoms. The number of carbonyl (C=O) groups excluding carboxylic acids is 1. The second-order valence-corrected chi connectivity index (χ2v) is 3.80. The summed E-state index contributed by atoms with van der Waals surface area (Å²) >= 11 is 3.22. The van der Waals surface area contributed by atoms with Crippen molar-refractivity contribution in [1.29, 1.82) is 0 Å². The first kappa shape index (κ1) is 10.3. The standard InChI is InChI=1S/C10H11BrO2/c1-7(12)5-6-8-3-2-4-9(11)10(8)13/h2-4,13H,5-6H2,1H3. The lowest BCUT2D eigenvalue weighted by Crippen LogP contribution is -1.94. The second-order valence-electron chi connectivity index (χ2n) is 2.95. The van der Waals surface area contributed by atoms with Crippen molar-refractivity contribution >= 4 is 21.7 Å². The molecule has 0 saturated heterocycles. The van der Waals surface area contributed by atoms with Gasteiger partial charge in [-0.15, -0.1) is 0 Å². The third kappa shape index (κ3) is 2.84.